The molecule has 1 amide bonds. The van der Waals surface area contributed by atoms with Crippen molar-refractivity contribution in [3.05, 3.63) is 65.7 Å². The molecule has 2 aromatic heterocycles. The minimum Gasteiger partial charge on any atom is -0.368 e. The zero-order valence-electron chi connectivity index (χ0n) is 15.6. The van der Waals surface area contributed by atoms with Gasteiger partial charge in [-0.15, -0.1) is 0 Å². The van der Waals surface area contributed by atoms with Crippen molar-refractivity contribution in [2.75, 3.05) is 18.4 Å². The summed E-state index contributed by atoms with van der Waals surface area (Å²) in [6.07, 6.45) is 4.59. The van der Waals surface area contributed by atoms with Gasteiger partial charge in [-0.3, -0.25) is 4.79 Å². The Hall–Kier alpha value is -3.22. The summed E-state index contributed by atoms with van der Waals surface area (Å²) < 4.78 is 1.70. The van der Waals surface area contributed by atoms with Crippen LogP contribution in [-0.4, -0.2) is 38.7 Å². The molecule has 0 radical (unpaired) electrons. The molecule has 0 aliphatic carbocycles. The number of carbonyl (C=O) groups excluding carboxylic acids is 1. The molecule has 3 aromatic rings. The third-order valence-corrected chi connectivity index (χ3v) is 4.09. The van der Waals surface area contributed by atoms with Gasteiger partial charge < -0.3 is 10.6 Å². The van der Waals surface area contributed by atoms with Crippen LogP contribution in [-0.2, 0) is 11.2 Å². The topological polar surface area (TPSA) is 84.7 Å². The fraction of sp³-hybridized carbons (Fsp3) is 0.300. The van der Waals surface area contributed by atoms with Gasteiger partial charge in [-0.25, -0.2) is 14.6 Å². The van der Waals surface area contributed by atoms with Gasteiger partial charge in [0.25, 0.3) is 0 Å². The van der Waals surface area contributed by atoms with E-state index in [0.717, 1.165) is 12.1 Å². The highest BCUT2D eigenvalue weighted by Crippen LogP contribution is 2.09. The molecule has 2 heterocycles. The molecule has 0 atom stereocenters. The lowest BCUT2D eigenvalue weighted by Crippen LogP contribution is -2.29. The van der Waals surface area contributed by atoms with Crippen molar-refractivity contribution < 1.29 is 4.79 Å². The minimum atomic E-state index is 0.0497. The fourth-order valence-corrected chi connectivity index (χ4v) is 2.72. The number of rotatable bonds is 8. The Balaban J connectivity index is 1.40. The van der Waals surface area contributed by atoms with Crippen LogP contribution in [0.4, 0.5) is 5.82 Å². The van der Waals surface area contributed by atoms with Crippen LogP contribution in [0.2, 0.25) is 0 Å². The monoisotopic (exact) mass is 364 g/mol. The summed E-state index contributed by atoms with van der Waals surface area (Å²) in [5.41, 5.74) is 3.33. The molecule has 0 fully saturated rings. The summed E-state index contributed by atoms with van der Waals surface area (Å²) in [6, 6.07) is 12.0. The summed E-state index contributed by atoms with van der Waals surface area (Å²) in [5.74, 6) is 1.44. The SMILES string of the molecule is Cc1cccc(CCC(=O)NCCNc2cc(-n3ccc(C)n3)ncn2)c1. The first kappa shape index (κ1) is 18.6. The first-order chi connectivity index (χ1) is 13.1. The van der Waals surface area contributed by atoms with Crippen LogP contribution >= 0.6 is 0 Å². The van der Waals surface area contributed by atoms with Gasteiger partial charge in [-0.2, -0.15) is 5.10 Å². The molecule has 7 heteroatoms. The maximum atomic E-state index is 12.0. The number of anilines is 1. The zero-order valence-corrected chi connectivity index (χ0v) is 15.6. The number of hydrogen-bond donors (Lipinski definition) is 2. The second-order valence-corrected chi connectivity index (χ2v) is 6.43. The molecule has 0 spiro atoms. The van der Waals surface area contributed by atoms with Gasteiger partial charge >= 0.3 is 0 Å². The molecule has 0 saturated heterocycles. The van der Waals surface area contributed by atoms with E-state index in [0.29, 0.717) is 31.1 Å². The van der Waals surface area contributed by atoms with Crippen molar-refractivity contribution in [2.24, 2.45) is 0 Å². The van der Waals surface area contributed by atoms with Crippen molar-refractivity contribution >= 4 is 11.7 Å². The van der Waals surface area contributed by atoms with Crippen molar-refractivity contribution in [1.29, 1.82) is 0 Å². The highest BCUT2D eigenvalue weighted by Gasteiger charge is 2.04. The summed E-state index contributed by atoms with van der Waals surface area (Å²) in [7, 11) is 0. The molecule has 3 rings (SSSR count). The Morgan fingerprint density at radius 2 is 2.00 bits per heavy atom. The van der Waals surface area contributed by atoms with Crippen LogP contribution in [0, 0.1) is 13.8 Å². The fourth-order valence-electron chi connectivity index (χ4n) is 2.72. The molecule has 7 nitrogen and oxygen atoms in total. The maximum Gasteiger partial charge on any atom is 0.220 e. The van der Waals surface area contributed by atoms with Crippen molar-refractivity contribution in [3.63, 3.8) is 0 Å². The molecule has 0 aliphatic rings. The second-order valence-electron chi connectivity index (χ2n) is 6.43. The zero-order chi connectivity index (χ0) is 19.1. The number of amides is 1. The number of nitrogens with one attached hydrogen (secondary N) is 2. The quantitative estimate of drug-likeness (QED) is 0.600. The molecule has 0 bridgehead atoms. The standard InChI is InChI=1S/C20H24N6O/c1-15-4-3-5-17(12-15)6-7-20(27)22-10-9-21-18-13-19(24-14-23-18)26-11-8-16(2)25-26/h3-5,8,11-14H,6-7,9-10H2,1-2H3,(H,22,27)(H,21,23,24). The summed E-state index contributed by atoms with van der Waals surface area (Å²) in [6.45, 7) is 5.11. The number of benzene rings is 1. The van der Waals surface area contributed by atoms with Gasteiger partial charge in [0.05, 0.1) is 5.69 Å². The maximum absolute atomic E-state index is 12.0. The van der Waals surface area contributed by atoms with E-state index < -0.39 is 0 Å². The number of carbonyl (C=O) groups is 1. The van der Waals surface area contributed by atoms with Crippen LogP contribution in [0.3, 0.4) is 0 Å². The van der Waals surface area contributed by atoms with Gasteiger partial charge in [0.2, 0.25) is 5.91 Å². The van der Waals surface area contributed by atoms with Gasteiger partial charge in [-0.05, 0) is 31.9 Å². The molecule has 140 valence electrons. The van der Waals surface area contributed by atoms with Gasteiger partial charge in [0.15, 0.2) is 5.82 Å². The summed E-state index contributed by atoms with van der Waals surface area (Å²) in [5, 5.41) is 10.5. The van der Waals surface area contributed by atoms with E-state index in [1.165, 1.54) is 17.5 Å². The molecular weight excluding hydrogens is 340 g/mol. The predicted octanol–water partition coefficient (Wildman–Crippen LogP) is 2.44. The number of aryl methyl sites for hydroxylation is 3. The Kier molecular flexibility index (Phi) is 6.14. The Labute approximate surface area is 158 Å². The van der Waals surface area contributed by atoms with Crippen molar-refractivity contribution in [1.82, 2.24) is 25.1 Å². The predicted molar refractivity (Wildman–Crippen MR) is 105 cm³/mol. The number of hydrogen-bond acceptors (Lipinski definition) is 5. The van der Waals surface area contributed by atoms with E-state index in [4.69, 9.17) is 0 Å². The molecule has 0 unspecified atom stereocenters. The lowest BCUT2D eigenvalue weighted by Gasteiger charge is -2.08. The molecule has 1 aromatic carbocycles. The van der Waals surface area contributed by atoms with Crippen molar-refractivity contribution in [3.8, 4) is 5.82 Å². The average Bonchev–Trinajstić information content (AvgIpc) is 3.10. The third-order valence-electron chi connectivity index (χ3n) is 4.09. The van der Waals surface area contributed by atoms with E-state index >= 15 is 0 Å². The lowest BCUT2D eigenvalue weighted by atomic mass is 10.1. The average molecular weight is 364 g/mol. The first-order valence-corrected chi connectivity index (χ1v) is 9.01. The Morgan fingerprint density at radius 1 is 1.11 bits per heavy atom. The van der Waals surface area contributed by atoms with E-state index in [1.54, 1.807) is 4.68 Å². The van der Waals surface area contributed by atoms with E-state index in [1.807, 2.05) is 31.3 Å². The Bertz CT molecular complexity index is 905. The van der Waals surface area contributed by atoms with Gasteiger partial charge in [0, 0.05) is 31.8 Å². The van der Waals surface area contributed by atoms with Crippen LogP contribution in [0.5, 0.6) is 0 Å². The lowest BCUT2D eigenvalue weighted by molar-refractivity contribution is -0.120. The van der Waals surface area contributed by atoms with E-state index in [9.17, 15) is 4.79 Å². The second kappa shape index (κ2) is 8.93. The van der Waals surface area contributed by atoms with Gasteiger partial charge in [-0.1, -0.05) is 29.8 Å². The highest BCUT2D eigenvalue weighted by molar-refractivity contribution is 5.76. The van der Waals surface area contributed by atoms with E-state index in [-0.39, 0.29) is 5.91 Å². The normalized spacial score (nSPS) is 10.6. The summed E-state index contributed by atoms with van der Waals surface area (Å²) in [4.78, 5) is 20.4. The molecule has 2 N–H and O–H groups in total. The van der Waals surface area contributed by atoms with Crippen LogP contribution in [0.15, 0.2) is 48.9 Å². The minimum absolute atomic E-state index is 0.0497. The number of nitrogens with zero attached hydrogens (tertiary/aromatic N) is 4. The third kappa shape index (κ3) is 5.64. The van der Waals surface area contributed by atoms with Crippen molar-refractivity contribution in [2.45, 2.75) is 26.7 Å². The smallest absolute Gasteiger partial charge is 0.220 e. The first-order valence-electron chi connectivity index (χ1n) is 9.01. The highest BCUT2D eigenvalue weighted by atomic mass is 16.1. The molecular formula is C20H24N6O. The molecule has 27 heavy (non-hydrogen) atoms. The van der Waals surface area contributed by atoms with Gasteiger partial charge in [0.1, 0.15) is 12.1 Å². The molecule has 0 aliphatic heterocycles. The van der Waals surface area contributed by atoms with Crippen LogP contribution < -0.4 is 10.6 Å². The van der Waals surface area contributed by atoms with Crippen LogP contribution in [0.1, 0.15) is 23.2 Å². The molecule has 0 saturated carbocycles. The van der Waals surface area contributed by atoms with E-state index in [2.05, 4.69) is 50.8 Å². The van der Waals surface area contributed by atoms with Crippen LogP contribution in [0.25, 0.3) is 5.82 Å². The number of aromatic nitrogens is 4. The largest absolute Gasteiger partial charge is 0.368 e. The Morgan fingerprint density at radius 3 is 2.78 bits per heavy atom. The summed E-state index contributed by atoms with van der Waals surface area (Å²) >= 11 is 0.